The summed E-state index contributed by atoms with van der Waals surface area (Å²) in [4.78, 5) is 0.462. The first-order valence-electron chi connectivity index (χ1n) is 5.11. The van der Waals surface area contributed by atoms with Crippen LogP contribution in [0.15, 0.2) is 29.2 Å². The van der Waals surface area contributed by atoms with Crippen molar-refractivity contribution >= 4 is 9.84 Å². The molecule has 0 radical (unpaired) electrons. The van der Waals surface area contributed by atoms with Crippen LogP contribution >= 0.6 is 0 Å². The summed E-state index contributed by atoms with van der Waals surface area (Å²) < 4.78 is 23.2. The predicted molar refractivity (Wildman–Crippen MR) is 59.5 cm³/mol. The highest BCUT2D eigenvalue weighted by Gasteiger charge is 2.22. The molecule has 0 saturated carbocycles. The van der Waals surface area contributed by atoms with Crippen molar-refractivity contribution in [3.8, 4) is 0 Å². The Morgan fingerprint density at radius 1 is 1.33 bits per heavy atom. The van der Waals surface area contributed by atoms with Gasteiger partial charge >= 0.3 is 0 Å². The summed E-state index contributed by atoms with van der Waals surface area (Å²) in [5.41, 5.74) is 0.914. The van der Waals surface area contributed by atoms with E-state index in [9.17, 15) is 8.42 Å². The fourth-order valence-corrected chi connectivity index (χ4v) is 3.02. The number of sulfone groups is 1. The second kappa shape index (κ2) is 3.94. The fourth-order valence-electron chi connectivity index (χ4n) is 2.06. The molecule has 4 heteroatoms. The molecule has 0 amide bonds. The fraction of sp³-hybridized carbons (Fsp3) is 0.455. The van der Waals surface area contributed by atoms with Crippen molar-refractivity contribution < 1.29 is 8.42 Å². The van der Waals surface area contributed by atoms with Gasteiger partial charge in [-0.3, -0.25) is 0 Å². The van der Waals surface area contributed by atoms with Gasteiger partial charge in [-0.2, -0.15) is 0 Å². The molecule has 0 spiro atoms. The molecule has 1 saturated heterocycles. The third-order valence-electron chi connectivity index (χ3n) is 2.75. The van der Waals surface area contributed by atoms with E-state index in [1.807, 2.05) is 12.1 Å². The summed E-state index contributed by atoms with van der Waals surface area (Å²) in [5.74, 6) is 0. The van der Waals surface area contributed by atoms with Crippen molar-refractivity contribution in [3.05, 3.63) is 29.8 Å². The molecular formula is C11H15NO2S. The van der Waals surface area contributed by atoms with Crippen LogP contribution in [0.4, 0.5) is 0 Å². The number of hydrogen-bond donors (Lipinski definition) is 1. The van der Waals surface area contributed by atoms with Gasteiger partial charge in [0.15, 0.2) is 9.84 Å². The summed E-state index contributed by atoms with van der Waals surface area (Å²) in [6, 6.07) is 7.46. The van der Waals surface area contributed by atoms with E-state index in [-0.39, 0.29) is 6.04 Å². The first-order chi connectivity index (χ1) is 7.09. The van der Waals surface area contributed by atoms with Crippen LogP contribution < -0.4 is 5.32 Å². The Labute approximate surface area is 90.4 Å². The molecule has 0 bridgehead atoms. The van der Waals surface area contributed by atoms with Gasteiger partial charge in [-0.15, -0.1) is 0 Å². The van der Waals surface area contributed by atoms with Gasteiger partial charge in [-0.05, 0) is 31.0 Å². The third kappa shape index (κ3) is 2.21. The highest BCUT2D eigenvalue weighted by Crippen LogP contribution is 2.28. The van der Waals surface area contributed by atoms with E-state index in [1.165, 1.54) is 6.26 Å². The predicted octanol–water partition coefficient (Wildman–Crippen LogP) is 1.51. The van der Waals surface area contributed by atoms with Crippen molar-refractivity contribution in [2.75, 3.05) is 12.8 Å². The van der Waals surface area contributed by atoms with Crippen LogP contribution in [0, 0.1) is 0 Å². The van der Waals surface area contributed by atoms with E-state index in [1.54, 1.807) is 12.1 Å². The number of benzene rings is 1. The summed E-state index contributed by atoms with van der Waals surface area (Å²) >= 11 is 0. The molecule has 1 aromatic rings. The Kier molecular flexibility index (Phi) is 2.80. The van der Waals surface area contributed by atoms with Crippen LogP contribution in [0.3, 0.4) is 0 Å². The van der Waals surface area contributed by atoms with Crippen molar-refractivity contribution in [2.24, 2.45) is 0 Å². The van der Waals surface area contributed by atoms with Crippen LogP contribution in [0.1, 0.15) is 24.4 Å². The number of nitrogens with one attached hydrogen (secondary N) is 1. The third-order valence-corrected chi connectivity index (χ3v) is 3.92. The lowest BCUT2D eigenvalue weighted by Crippen LogP contribution is -2.16. The minimum Gasteiger partial charge on any atom is -0.310 e. The molecule has 1 unspecified atom stereocenters. The number of rotatable bonds is 2. The van der Waals surface area contributed by atoms with Gasteiger partial charge in [-0.25, -0.2) is 8.42 Å². The lowest BCUT2D eigenvalue weighted by molar-refractivity contribution is 0.591. The van der Waals surface area contributed by atoms with E-state index in [0.29, 0.717) is 4.90 Å². The Morgan fingerprint density at radius 3 is 2.67 bits per heavy atom. The maximum Gasteiger partial charge on any atom is 0.175 e. The van der Waals surface area contributed by atoms with E-state index >= 15 is 0 Å². The van der Waals surface area contributed by atoms with Crippen molar-refractivity contribution in [1.82, 2.24) is 5.32 Å². The smallest absolute Gasteiger partial charge is 0.175 e. The van der Waals surface area contributed by atoms with Gasteiger partial charge < -0.3 is 5.32 Å². The zero-order valence-electron chi connectivity index (χ0n) is 8.73. The molecule has 1 aromatic carbocycles. The Bertz CT molecular complexity index is 447. The van der Waals surface area contributed by atoms with Crippen molar-refractivity contribution in [1.29, 1.82) is 0 Å². The first-order valence-corrected chi connectivity index (χ1v) is 7.00. The average molecular weight is 225 g/mol. The zero-order chi connectivity index (χ0) is 10.9. The summed E-state index contributed by atoms with van der Waals surface area (Å²) in [5, 5.41) is 3.32. The molecule has 82 valence electrons. The lowest BCUT2D eigenvalue weighted by atomic mass is 10.1. The van der Waals surface area contributed by atoms with Crippen molar-refractivity contribution in [3.63, 3.8) is 0 Å². The largest absolute Gasteiger partial charge is 0.310 e. The summed E-state index contributed by atoms with van der Waals surface area (Å²) in [6.45, 7) is 0.975. The number of hydrogen-bond acceptors (Lipinski definition) is 3. The highest BCUT2D eigenvalue weighted by molar-refractivity contribution is 7.90. The SMILES string of the molecule is CS(=O)(=O)c1ccccc1C1CCCN1. The zero-order valence-corrected chi connectivity index (χ0v) is 9.55. The standard InChI is InChI=1S/C11H15NO2S/c1-15(13,14)11-7-3-2-5-9(11)10-6-4-8-12-10/h2-3,5,7,10,12H,4,6,8H2,1H3. The summed E-state index contributed by atoms with van der Waals surface area (Å²) in [6.07, 6.45) is 3.40. The van der Waals surface area contributed by atoms with Gasteiger partial charge in [-0.1, -0.05) is 18.2 Å². The van der Waals surface area contributed by atoms with Gasteiger partial charge in [0.05, 0.1) is 4.90 Å². The van der Waals surface area contributed by atoms with Gasteiger partial charge in [0.2, 0.25) is 0 Å². The normalized spacial score (nSPS) is 21.8. The van der Waals surface area contributed by atoms with Gasteiger partial charge in [0.25, 0.3) is 0 Å². The molecule has 1 aliphatic rings. The minimum atomic E-state index is -3.11. The molecule has 0 aromatic heterocycles. The van der Waals surface area contributed by atoms with E-state index in [4.69, 9.17) is 0 Å². The van der Waals surface area contributed by atoms with Crippen LogP contribution in [0.5, 0.6) is 0 Å². The van der Waals surface area contributed by atoms with E-state index in [0.717, 1.165) is 24.9 Å². The Hall–Kier alpha value is -0.870. The molecule has 1 fully saturated rings. The summed E-state index contributed by atoms with van der Waals surface area (Å²) in [7, 11) is -3.11. The average Bonchev–Trinajstić information content (AvgIpc) is 2.69. The van der Waals surface area contributed by atoms with Crippen molar-refractivity contribution in [2.45, 2.75) is 23.8 Å². The highest BCUT2D eigenvalue weighted by atomic mass is 32.2. The topological polar surface area (TPSA) is 46.2 Å². The molecular weight excluding hydrogens is 210 g/mol. The molecule has 1 aliphatic heterocycles. The molecule has 1 N–H and O–H groups in total. The monoisotopic (exact) mass is 225 g/mol. The van der Waals surface area contributed by atoms with Gasteiger partial charge in [0.1, 0.15) is 0 Å². The van der Waals surface area contributed by atoms with Gasteiger partial charge in [0, 0.05) is 12.3 Å². The second-order valence-corrected chi connectivity index (χ2v) is 5.94. The molecule has 0 aliphatic carbocycles. The second-order valence-electron chi connectivity index (χ2n) is 3.96. The van der Waals surface area contributed by atoms with Crippen LogP contribution in [-0.2, 0) is 9.84 Å². The Morgan fingerprint density at radius 2 is 2.07 bits per heavy atom. The quantitative estimate of drug-likeness (QED) is 0.830. The maximum atomic E-state index is 11.6. The maximum absolute atomic E-state index is 11.6. The Balaban J connectivity index is 2.46. The van der Waals surface area contributed by atoms with Crippen LogP contribution in [0.25, 0.3) is 0 Å². The van der Waals surface area contributed by atoms with Crippen LogP contribution in [-0.4, -0.2) is 21.2 Å². The molecule has 3 nitrogen and oxygen atoms in total. The van der Waals surface area contributed by atoms with E-state index in [2.05, 4.69) is 5.32 Å². The lowest BCUT2D eigenvalue weighted by Gasteiger charge is -2.14. The molecule has 15 heavy (non-hydrogen) atoms. The molecule has 1 atom stereocenters. The minimum absolute atomic E-state index is 0.205. The van der Waals surface area contributed by atoms with E-state index < -0.39 is 9.84 Å². The van der Waals surface area contributed by atoms with Crippen LogP contribution in [0.2, 0.25) is 0 Å². The molecule has 2 rings (SSSR count). The molecule has 1 heterocycles. The first kappa shape index (κ1) is 10.6.